The lowest BCUT2D eigenvalue weighted by Crippen LogP contribution is -2.24. The molecule has 2 heterocycles. The fourth-order valence-corrected chi connectivity index (χ4v) is 4.60. The summed E-state index contributed by atoms with van der Waals surface area (Å²) in [6.07, 6.45) is 1.61. The van der Waals surface area contributed by atoms with E-state index in [9.17, 15) is 19.7 Å². The zero-order valence-corrected chi connectivity index (χ0v) is 20.9. The number of amides is 2. The van der Waals surface area contributed by atoms with Crippen LogP contribution in [0.3, 0.4) is 0 Å². The molecule has 0 radical (unpaired) electrons. The quantitative estimate of drug-likeness (QED) is 0.191. The van der Waals surface area contributed by atoms with Crippen molar-refractivity contribution in [1.82, 2.24) is 25.1 Å². The Bertz CT molecular complexity index is 1400. The van der Waals surface area contributed by atoms with Crippen molar-refractivity contribution in [2.24, 2.45) is 0 Å². The Kier molecular flexibility index (Phi) is 7.71. The van der Waals surface area contributed by atoms with Gasteiger partial charge in [0.1, 0.15) is 0 Å². The highest BCUT2D eigenvalue weighted by atomic mass is 32.2. The molecule has 13 heteroatoms. The van der Waals surface area contributed by atoms with Gasteiger partial charge in [-0.3, -0.25) is 24.3 Å². The van der Waals surface area contributed by atoms with Gasteiger partial charge in [0.25, 0.3) is 11.6 Å². The Morgan fingerprint density at radius 3 is 2.61 bits per heavy atom. The second kappa shape index (κ2) is 11.1. The topological polar surface area (TPSA) is 145 Å². The monoisotopic (exact) mass is 523 g/mol. The number of carbonyl (C=O) groups excluding carboxylic acids is 2. The summed E-state index contributed by atoms with van der Waals surface area (Å²) in [4.78, 5) is 39.4. The lowest BCUT2D eigenvalue weighted by atomic mass is 10.1. The summed E-state index contributed by atoms with van der Waals surface area (Å²) in [5, 5.41) is 27.7. The zero-order chi connectivity index (χ0) is 25.7. The van der Waals surface area contributed by atoms with Crippen LogP contribution in [0.5, 0.6) is 0 Å². The van der Waals surface area contributed by atoms with Crippen molar-refractivity contribution in [3.63, 3.8) is 0 Å². The van der Waals surface area contributed by atoms with Gasteiger partial charge in [0.2, 0.25) is 5.91 Å². The van der Waals surface area contributed by atoms with Gasteiger partial charge in [-0.05, 0) is 43.2 Å². The van der Waals surface area contributed by atoms with Crippen LogP contribution in [0.4, 0.5) is 10.8 Å². The van der Waals surface area contributed by atoms with E-state index >= 15 is 0 Å². The number of hydrogen-bond acceptors (Lipinski definition) is 9. The Hall–Kier alpha value is -4.10. The molecule has 0 aliphatic heterocycles. The molecule has 0 unspecified atom stereocenters. The maximum atomic E-state index is 12.6. The number of benzene rings is 2. The average Bonchev–Trinajstić information content (AvgIpc) is 3.53. The Labute approximate surface area is 214 Å². The molecule has 0 aliphatic carbocycles. The molecule has 0 bridgehead atoms. The molecule has 2 aromatic carbocycles. The molecule has 0 saturated heterocycles. The third kappa shape index (κ3) is 5.75. The molecule has 4 rings (SSSR count). The second-order valence-corrected chi connectivity index (χ2v) is 9.45. The predicted octanol–water partition coefficient (Wildman–Crippen LogP) is 3.91. The number of nitrogens with zero attached hydrogens (tertiary/aromatic N) is 5. The van der Waals surface area contributed by atoms with Crippen LogP contribution in [0.1, 0.15) is 27.3 Å². The largest absolute Gasteiger partial charge is 0.345 e. The van der Waals surface area contributed by atoms with Gasteiger partial charge in [-0.15, -0.1) is 21.5 Å². The van der Waals surface area contributed by atoms with Crippen molar-refractivity contribution < 1.29 is 14.5 Å². The third-order valence-corrected chi connectivity index (χ3v) is 6.89. The van der Waals surface area contributed by atoms with Gasteiger partial charge >= 0.3 is 0 Å². The molecule has 0 saturated carbocycles. The van der Waals surface area contributed by atoms with E-state index < -0.39 is 10.8 Å². The molecule has 184 valence electrons. The highest BCUT2D eigenvalue weighted by Crippen LogP contribution is 2.26. The van der Waals surface area contributed by atoms with Crippen LogP contribution in [0.2, 0.25) is 0 Å². The molecule has 0 spiro atoms. The van der Waals surface area contributed by atoms with Gasteiger partial charge in [0, 0.05) is 29.3 Å². The molecule has 0 aliphatic rings. The summed E-state index contributed by atoms with van der Waals surface area (Å²) in [7, 11) is 0. The third-order valence-electron chi connectivity index (χ3n) is 5.28. The van der Waals surface area contributed by atoms with E-state index in [1.54, 1.807) is 11.6 Å². The molecule has 2 aromatic heterocycles. The van der Waals surface area contributed by atoms with Crippen LogP contribution >= 0.6 is 23.1 Å². The predicted molar refractivity (Wildman–Crippen MR) is 137 cm³/mol. The fourth-order valence-electron chi connectivity index (χ4n) is 3.29. The number of aromatic nitrogens is 4. The van der Waals surface area contributed by atoms with Crippen LogP contribution in [0, 0.1) is 24.0 Å². The Balaban J connectivity index is 1.54. The minimum atomic E-state index is -0.523. The summed E-state index contributed by atoms with van der Waals surface area (Å²) < 4.78 is 1.82. The van der Waals surface area contributed by atoms with Gasteiger partial charge in [-0.25, -0.2) is 4.98 Å². The van der Waals surface area contributed by atoms with E-state index in [0.717, 1.165) is 16.8 Å². The molecule has 2 N–H and O–H groups in total. The van der Waals surface area contributed by atoms with Crippen LogP contribution in [0.25, 0.3) is 5.69 Å². The van der Waals surface area contributed by atoms with Crippen LogP contribution < -0.4 is 10.6 Å². The molecule has 2 amide bonds. The summed E-state index contributed by atoms with van der Waals surface area (Å²) in [6.45, 7) is 4.03. The minimum Gasteiger partial charge on any atom is -0.345 e. The van der Waals surface area contributed by atoms with Gasteiger partial charge in [-0.1, -0.05) is 23.9 Å². The minimum absolute atomic E-state index is 0.0576. The average molecular weight is 524 g/mol. The number of rotatable bonds is 9. The van der Waals surface area contributed by atoms with Gasteiger partial charge in [-0.2, -0.15) is 0 Å². The highest BCUT2D eigenvalue weighted by Gasteiger charge is 2.19. The number of anilines is 1. The molecule has 0 fully saturated rings. The van der Waals surface area contributed by atoms with Crippen LogP contribution in [0.15, 0.2) is 59.2 Å². The van der Waals surface area contributed by atoms with E-state index in [0.29, 0.717) is 16.1 Å². The first-order valence-corrected chi connectivity index (χ1v) is 12.6. The number of nitrogens with one attached hydrogen (secondary N) is 2. The lowest BCUT2D eigenvalue weighted by Gasteiger charge is -2.14. The number of hydrogen-bond donors (Lipinski definition) is 2. The van der Waals surface area contributed by atoms with Crippen LogP contribution in [-0.2, 0) is 11.3 Å². The number of aryl methyl sites for hydroxylation is 1. The lowest BCUT2D eigenvalue weighted by molar-refractivity contribution is -0.384. The van der Waals surface area contributed by atoms with Gasteiger partial charge in [0.05, 0.1) is 22.9 Å². The standard InChI is InChI=1S/C23H21N7O4S2/c1-14-4-3-5-18(15(14)2)29-19(12-25-21(32)16-6-8-17(9-7-16)30(33)34)27-28-23(29)36-13-20(31)26-22-24-10-11-35-22/h3-11H,12-13H2,1-2H3,(H,25,32)(H,24,26,31). The fraction of sp³-hybridized carbons (Fsp3) is 0.174. The van der Waals surface area contributed by atoms with Crippen molar-refractivity contribution in [2.45, 2.75) is 25.5 Å². The van der Waals surface area contributed by atoms with Gasteiger partial charge < -0.3 is 10.6 Å². The molecular weight excluding hydrogens is 502 g/mol. The van der Waals surface area contributed by atoms with Crippen LogP contribution in [-0.4, -0.2) is 42.2 Å². The van der Waals surface area contributed by atoms with E-state index in [4.69, 9.17) is 0 Å². The van der Waals surface area contributed by atoms with Crippen molar-refractivity contribution in [3.05, 3.63) is 86.7 Å². The Morgan fingerprint density at radius 1 is 1.14 bits per heavy atom. The zero-order valence-electron chi connectivity index (χ0n) is 19.3. The first kappa shape index (κ1) is 25.0. The van der Waals surface area contributed by atoms with Crippen molar-refractivity contribution in [1.29, 1.82) is 0 Å². The normalized spacial score (nSPS) is 10.7. The number of non-ortho nitro benzene ring substituents is 1. The SMILES string of the molecule is Cc1cccc(-n2c(CNC(=O)c3ccc([N+](=O)[O-])cc3)nnc2SCC(=O)Nc2nccs2)c1C. The second-order valence-electron chi connectivity index (χ2n) is 7.61. The maximum Gasteiger partial charge on any atom is 0.269 e. The molecule has 11 nitrogen and oxygen atoms in total. The molecule has 4 aromatic rings. The first-order chi connectivity index (χ1) is 17.3. The number of thioether (sulfide) groups is 1. The van der Waals surface area contributed by atoms with Crippen molar-refractivity contribution in [2.75, 3.05) is 11.1 Å². The summed E-state index contributed by atoms with van der Waals surface area (Å²) in [6, 6.07) is 11.2. The summed E-state index contributed by atoms with van der Waals surface area (Å²) >= 11 is 2.55. The van der Waals surface area contributed by atoms with E-state index in [1.165, 1.54) is 47.4 Å². The molecular formula is C23H21N7O4S2. The van der Waals surface area contributed by atoms with E-state index in [2.05, 4.69) is 25.8 Å². The highest BCUT2D eigenvalue weighted by molar-refractivity contribution is 7.99. The number of carbonyl (C=O) groups is 2. The molecule has 0 atom stereocenters. The summed E-state index contributed by atoms with van der Waals surface area (Å²) in [5.74, 6) is -0.0599. The van der Waals surface area contributed by atoms with Crippen molar-refractivity contribution in [3.8, 4) is 5.69 Å². The summed E-state index contributed by atoms with van der Waals surface area (Å²) in [5.41, 5.74) is 3.10. The van der Waals surface area contributed by atoms with Crippen molar-refractivity contribution >= 4 is 45.7 Å². The molecule has 36 heavy (non-hydrogen) atoms. The Morgan fingerprint density at radius 2 is 1.92 bits per heavy atom. The first-order valence-electron chi connectivity index (χ1n) is 10.7. The number of nitro groups is 1. The number of nitro benzene ring substituents is 1. The van der Waals surface area contributed by atoms with E-state index in [-0.39, 0.29) is 29.5 Å². The maximum absolute atomic E-state index is 12.6. The smallest absolute Gasteiger partial charge is 0.269 e. The number of thiazole rings is 1. The van der Waals surface area contributed by atoms with E-state index in [1.807, 2.05) is 36.6 Å². The van der Waals surface area contributed by atoms with Gasteiger partial charge in [0.15, 0.2) is 16.1 Å².